The van der Waals surface area contributed by atoms with Gasteiger partial charge in [-0.15, -0.1) is 0 Å². The Bertz CT molecular complexity index is 291. The van der Waals surface area contributed by atoms with E-state index >= 15 is 0 Å². The maximum Gasteiger partial charge on any atom is 0.319 e. The summed E-state index contributed by atoms with van der Waals surface area (Å²) >= 11 is 0. The zero-order valence-electron chi connectivity index (χ0n) is 7.28. The van der Waals surface area contributed by atoms with Gasteiger partial charge in [-0.2, -0.15) is 0 Å². The van der Waals surface area contributed by atoms with Crippen molar-refractivity contribution in [3.05, 3.63) is 24.6 Å². The first kappa shape index (κ1) is 8.61. The summed E-state index contributed by atoms with van der Waals surface area (Å²) < 4.78 is 0. The van der Waals surface area contributed by atoms with E-state index in [1.807, 2.05) is 0 Å². The number of rotatable bonds is 1. The monoisotopic (exact) mass is 194 g/mol. The van der Waals surface area contributed by atoms with Crippen LogP contribution >= 0.6 is 0 Å². The Kier molecular flexibility index (Phi) is 2.10. The second-order valence-electron chi connectivity index (χ2n) is 3.01. The molecule has 74 valence electrons. The van der Waals surface area contributed by atoms with Gasteiger partial charge in [0.15, 0.2) is 0 Å². The molecule has 0 aromatic heterocycles. The number of carbonyl (C=O) groups is 2. The van der Waals surface area contributed by atoms with Gasteiger partial charge in [0.05, 0.1) is 12.1 Å². The zero-order chi connectivity index (χ0) is 9.97. The first-order valence-electron chi connectivity index (χ1n) is 4.23. The Balaban J connectivity index is 2.07. The molecule has 14 heavy (non-hydrogen) atoms. The molecule has 4 amide bonds. The third-order valence-corrected chi connectivity index (χ3v) is 2.02. The fourth-order valence-corrected chi connectivity index (χ4v) is 1.36. The van der Waals surface area contributed by atoms with E-state index in [2.05, 4.69) is 21.3 Å². The van der Waals surface area contributed by atoms with Gasteiger partial charge in [-0.25, -0.2) is 9.59 Å². The smallest absolute Gasteiger partial charge is 0.319 e. The molecular weight excluding hydrogens is 184 g/mol. The van der Waals surface area contributed by atoms with Crippen LogP contribution in [-0.2, 0) is 0 Å². The van der Waals surface area contributed by atoms with Crippen molar-refractivity contribution in [2.24, 2.45) is 0 Å². The van der Waals surface area contributed by atoms with Gasteiger partial charge >= 0.3 is 12.1 Å². The number of carbonyl (C=O) groups excluding carboxylic acids is 2. The van der Waals surface area contributed by atoms with E-state index in [9.17, 15) is 9.59 Å². The van der Waals surface area contributed by atoms with E-state index < -0.39 is 0 Å². The van der Waals surface area contributed by atoms with Gasteiger partial charge in [0.2, 0.25) is 0 Å². The van der Waals surface area contributed by atoms with Crippen LogP contribution in [0.4, 0.5) is 9.59 Å². The maximum atomic E-state index is 11.0. The summed E-state index contributed by atoms with van der Waals surface area (Å²) in [6.07, 6.45) is 6.68. The lowest BCUT2D eigenvalue weighted by molar-refractivity contribution is 0.231. The van der Waals surface area contributed by atoms with E-state index in [-0.39, 0.29) is 24.1 Å². The van der Waals surface area contributed by atoms with Crippen molar-refractivity contribution in [3.63, 3.8) is 0 Å². The predicted molar refractivity (Wildman–Crippen MR) is 49.2 cm³/mol. The lowest BCUT2D eigenvalue weighted by Crippen LogP contribution is -2.56. The average Bonchev–Trinajstić information content (AvgIpc) is 2.18. The molecule has 6 heteroatoms. The number of nitrogens with one attached hydrogen (secondary N) is 4. The minimum Gasteiger partial charge on any atom is -0.329 e. The molecule has 4 N–H and O–H groups in total. The van der Waals surface area contributed by atoms with E-state index in [1.54, 1.807) is 24.6 Å². The van der Waals surface area contributed by atoms with Crippen molar-refractivity contribution in [1.82, 2.24) is 21.3 Å². The normalized spacial score (nSPS) is 30.0. The highest BCUT2D eigenvalue weighted by molar-refractivity contribution is 5.79. The minimum atomic E-state index is -0.265. The van der Waals surface area contributed by atoms with Gasteiger partial charge in [-0.05, 0) is 12.2 Å². The zero-order valence-corrected chi connectivity index (χ0v) is 7.28. The largest absolute Gasteiger partial charge is 0.329 e. The topological polar surface area (TPSA) is 82.3 Å². The Morgan fingerprint density at radius 2 is 1.29 bits per heavy atom. The summed E-state index contributed by atoms with van der Waals surface area (Å²) in [6.45, 7) is 0. The number of amides is 4. The van der Waals surface area contributed by atoms with Gasteiger partial charge in [0, 0.05) is 12.4 Å². The van der Waals surface area contributed by atoms with Crippen molar-refractivity contribution in [2.75, 3.05) is 0 Å². The molecule has 2 rings (SSSR count). The Labute approximate surface area is 80.4 Å². The second-order valence-corrected chi connectivity index (χ2v) is 3.01. The van der Waals surface area contributed by atoms with Crippen LogP contribution in [-0.4, -0.2) is 24.1 Å². The molecule has 0 aliphatic carbocycles. The van der Waals surface area contributed by atoms with E-state index in [0.29, 0.717) is 0 Å². The molecule has 0 saturated heterocycles. The quantitative estimate of drug-likeness (QED) is 0.448. The molecule has 2 heterocycles. The van der Waals surface area contributed by atoms with Gasteiger partial charge in [-0.3, -0.25) is 0 Å². The molecule has 0 radical (unpaired) electrons. The molecule has 0 fully saturated rings. The summed E-state index contributed by atoms with van der Waals surface area (Å²) in [5.41, 5.74) is 0. The number of urea groups is 2. The summed E-state index contributed by atoms with van der Waals surface area (Å²) in [4.78, 5) is 21.9. The van der Waals surface area contributed by atoms with Crippen LogP contribution in [0.1, 0.15) is 0 Å². The third-order valence-electron chi connectivity index (χ3n) is 2.02. The molecule has 2 aliphatic rings. The molecule has 0 spiro atoms. The highest BCUT2D eigenvalue weighted by atomic mass is 16.2. The number of hydrogen-bond acceptors (Lipinski definition) is 2. The Morgan fingerprint density at radius 3 is 1.64 bits per heavy atom. The molecule has 2 unspecified atom stereocenters. The Morgan fingerprint density at radius 1 is 0.857 bits per heavy atom. The standard InChI is InChI=1S/C8H10N4O2/c13-7-9-3-1-5(11-7)6-2-4-10-8(14)12-6/h1-6H,(H2,9,11,13)(H2,10,12,14). The molecule has 0 aromatic carbocycles. The first-order chi connectivity index (χ1) is 6.75. The van der Waals surface area contributed by atoms with Crippen molar-refractivity contribution >= 4 is 12.1 Å². The molecule has 0 aromatic rings. The maximum absolute atomic E-state index is 11.0. The van der Waals surface area contributed by atoms with Crippen LogP contribution in [0, 0.1) is 0 Å². The van der Waals surface area contributed by atoms with Crippen LogP contribution in [0.25, 0.3) is 0 Å². The first-order valence-corrected chi connectivity index (χ1v) is 4.23. The lowest BCUT2D eigenvalue weighted by atomic mass is 10.1. The van der Waals surface area contributed by atoms with E-state index in [4.69, 9.17) is 0 Å². The fraction of sp³-hybridized carbons (Fsp3) is 0.250. The third kappa shape index (κ3) is 1.68. The van der Waals surface area contributed by atoms with Crippen LogP contribution < -0.4 is 21.3 Å². The van der Waals surface area contributed by atoms with Crippen LogP contribution in [0.2, 0.25) is 0 Å². The van der Waals surface area contributed by atoms with E-state index in [1.165, 1.54) is 0 Å². The fourth-order valence-electron chi connectivity index (χ4n) is 1.36. The van der Waals surface area contributed by atoms with Crippen molar-refractivity contribution in [2.45, 2.75) is 12.1 Å². The minimum absolute atomic E-state index is 0.203. The highest BCUT2D eigenvalue weighted by Crippen LogP contribution is 2.03. The van der Waals surface area contributed by atoms with Gasteiger partial charge < -0.3 is 21.3 Å². The molecular formula is C8H10N4O2. The lowest BCUT2D eigenvalue weighted by Gasteiger charge is -2.28. The van der Waals surface area contributed by atoms with Crippen molar-refractivity contribution < 1.29 is 9.59 Å². The molecule has 2 atom stereocenters. The molecule has 6 nitrogen and oxygen atoms in total. The predicted octanol–water partition coefficient (Wildman–Crippen LogP) is -0.623. The summed E-state index contributed by atoms with van der Waals surface area (Å²) in [7, 11) is 0. The van der Waals surface area contributed by atoms with Crippen molar-refractivity contribution in [1.29, 1.82) is 0 Å². The summed E-state index contributed by atoms with van der Waals surface area (Å²) in [6, 6.07) is -0.936. The van der Waals surface area contributed by atoms with Gasteiger partial charge in [0.1, 0.15) is 0 Å². The summed E-state index contributed by atoms with van der Waals surface area (Å²) in [5.74, 6) is 0. The van der Waals surface area contributed by atoms with Gasteiger partial charge in [0.25, 0.3) is 0 Å². The van der Waals surface area contributed by atoms with Crippen LogP contribution in [0.5, 0.6) is 0 Å². The second kappa shape index (κ2) is 3.41. The van der Waals surface area contributed by atoms with Crippen molar-refractivity contribution in [3.8, 4) is 0 Å². The summed E-state index contributed by atoms with van der Waals surface area (Å²) in [5, 5.41) is 10.3. The SMILES string of the molecule is O=C1NC=CC(C2C=CNC(=O)N2)N1. The highest BCUT2D eigenvalue weighted by Gasteiger charge is 2.24. The van der Waals surface area contributed by atoms with Crippen LogP contribution in [0.3, 0.4) is 0 Å². The van der Waals surface area contributed by atoms with Gasteiger partial charge in [-0.1, -0.05) is 0 Å². The molecule has 0 bridgehead atoms. The van der Waals surface area contributed by atoms with E-state index in [0.717, 1.165) is 0 Å². The molecule has 0 saturated carbocycles. The van der Waals surface area contributed by atoms with Crippen LogP contribution in [0.15, 0.2) is 24.6 Å². The number of hydrogen-bond donors (Lipinski definition) is 4. The molecule has 2 aliphatic heterocycles. The Hall–Kier alpha value is -1.98. The average molecular weight is 194 g/mol.